The molecule has 1 aromatic carbocycles. The van der Waals surface area contributed by atoms with Crippen molar-refractivity contribution in [2.75, 3.05) is 18.4 Å². The Morgan fingerprint density at radius 1 is 1.17 bits per heavy atom. The standard InChI is InChI=1S/C17H20N4O2/c22-16(21-14-7-4-8-18-11-14)15-17(20-10-9-19-15)23-12-13-5-2-1-3-6-13/h1-8,11,15,17,19-20H,9-10,12H2,(H,21,22). The predicted octanol–water partition coefficient (Wildman–Crippen LogP) is 1.12. The molecule has 0 radical (unpaired) electrons. The second-order valence-corrected chi connectivity index (χ2v) is 5.33. The minimum absolute atomic E-state index is 0.136. The number of carbonyl (C=O) groups is 1. The van der Waals surface area contributed by atoms with Gasteiger partial charge in [-0.15, -0.1) is 0 Å². The summed E-state index contributed by atoms with van der Waals surface area (Å²) in [6, 6.07) is 13.0. The molecule has 6 heteroatoms. The van der Waals surface area contributed by atoms with Crippen molar-refractivity contribution in [2.45, 2.75) is 18.9 Å². The summed E-state index contributed by atoms with van der Waals surface area (Å²) in [5, 5.41) is 9.31. The number of carbonyl (C=O) groups excluding carboxylic acids is 1. The molecule has 1 fully saturated rings. The van der Waals surface area contributed by atoms with Crippen LogP contribution in [0.15, 0.2) is 54.9 Å². The highest BCUT2D eigenvalue weighted by molar-refractivity contribution is 5.95. The molecule has 120 valence electrons. The number of rotatable bonds is 5. The van der Waals surface area contributed by atoms with E-state index in [1.807, 2.05) is 30.3 Å². The summed E-state index contributed by atoms with van der Waals surface area (Å²) in [7, 11) is 0. The lowest BCUT2D eigenvalue weighted by Crippen LogP contribution is -2.61. The molecule has 0 saturated carbocycles. The van der Waals surface area contributed by atoms with Crippen LogP contribution < -0.4 is 16.0 Å². The van der Waals surface area contributed by atoms with Crippen molar-refractivity contribution in [3.8, 4) is 0 Å². The first kappa shape index (κ1) is 15.6. The van der Waals surface area contributed by atoms with E-state index in [0.717, 1.165) is 18.7 Å². The Morgan fingerprint density at radius 3 is 2.78 bits per heavy atom. The van der Waals surface area contributed by atoms with E-state index in [-0.39, 0.29) is 12.1 Å². The number of amides is 1. The number of nitrogens with one attached hydrogen (secondary N) is 3. The molecule has 6 nitrogen and oxygen atoms in total. The van der Waals surface area contributed by atoms with Crippen LogP contribution in [-0.4, -0.2) is 36.3 Å². The lowest BCUT2D eigenvalue weighted by molar-refractivity contribution is -0.124. The first-order valence-electron chi connectivity index (χ1n) is 7.66. The summed E-state index contributed by atoms with van der Waals surface area (Å²) in [6.07, 6.45) is 2.91. The van der Waals surface area contributed by atoms with E-state index in [9.17, 15) is 4.79 Å². The van der Waals surface area contributed by atoms with Crippen LogP contribution >= 0.6 is 0 Å². The Kier molecular flexibility index (Phi) is 5.31. The smallest absolute Gasteiger partial charge is 0.245 e. The van der Waals surface area contributed by atoms with Crippen molar-refractivity contribution in [3.63, 3.8) is 0 Å². The van der Waals surface area contributed by atoms with Crippen LogP contribution in [0.25, 0.3) is 0 Å². The molecule has 0 aliphatic carbocycles. The highest BCUT2D eigenvalue weighted by Crippen LogP contribution is 2.10. The quantitative estimate of drug-likeness (QED) is 0.771. The molecule has 2 aromatic rings. The summed E-state index contributed by atoms with van der Waals surface area (Å²) in [5.74, 6) is -0.136. The number of hydrogen-bond acceptors (Lipinski definition) is 5. The fourth-order valence-corrected chi connectivity index (χ4v) is 2.47. The van der Waals surface area contributed by atoms with Gasteiger partial charge in [-0.3, -0.25) is 15.1 Å². The average molecular weight is 312 g/mol. The number of anilines is 1. The second-order valence-electron chi connectivity index (χ2n) is 5.33. The van der Waals surface area contributed by atoms with E-state index in [1.165, 1.54) is 0 Å². The van der Waals surface area contributed by atoms with Gasteiger partial charge < -0.3 is 15.4 Å². The maximum Gasteiger partial charge on any atom is 0.245 e. The van der Waals surface area contributed by atoms with Gasteiger partial charge in [-0.2, -0.15) is 0 Å². The number of aromatic nitrogens is 1. The van der Waals surface area contributed by atoms with Crippen LogP contribution in [0.4, 0.5) is 5.69 Å². The van der Waals surface area contributed by atoms with Crippen LogP contribution in [0.1, 0.15) is 5.56 Å². The molecule has 1 aromatic heterocycles. The number of hydrogen-bond donors (Lipinski definition) is 3. The predicted molar refractivity (Wildman–Crippen MR) is 87.7 cm³/mol. The summed E-state index contributed by atoms with van der Waals surface area (Å²) in [6.45, 7) is 1.93. The van der Waals surface area contributed by atoms with Gasteiger partial charge >= 0.3 is 0 Å². The summed E-state index contributed by atoms with van der Waals surface area (Å²) in [5.41, 5.74) is 1.75. The van der Waals surface area contributed by atoms with E-state index in [0.29, 0.717) is 12.3 Å². The molecule has 3 N–H and O–H groups in total. The van der Waals surface area contributed by atoms with Crippen molar-refractivity contribution < 1.29 is 9.53 Å². The van der Waals surface area contributed by atoms with Crippen molar-refractivity contribution in [2.24, 2.45) is 0 Å². The molecule has 1 amide bonds. The van der Waals surface area contributed by atoms with E-state index in [2.05, 4.69) is 20.9 Å². The monoisotopic (exact) mass is 312 g/mol. The molecule has 0 spiro atoms. The third kappa shape index (κ3) is 4.35. The SMILES string of the molecule is O=C(Nc1cccnc1)C1NCCNC1OCc1ccccc1. The number of piperazine rings is 1. The Labute approximate surface area is 135 Å². The van der Waals surface area contributed by atoms with Crippen molar-refractivity contribution in [3.05, 3.63) is 60.4 Å². The third-order valence-electron chi connectivity index (χ3n) is 3.62. The molecule has 2 unspecified atom stereocenters. The molecule has 0 bridgehead atoms. The fourth-order valence-electron chi connectivity index (χ4n) is 2.47. The molecular formula is C17H20N4O2. The molecule has 2 atom stereocenters. The van der Waals surface area contributed by atoms with E-state index in [4.69, 9.17) is 4.74 Å². The van der Waals surface area contributed by atoms with Gasteiger partial charge in [-0.25, -0.2) is 0 Å². The zero-order valence-electron chi connectivity index (χ0n) is 12.7. The van der Waals surface area contributed by atoms with Gasteiger partial charge in [0.15, 0.2) is 0 Å². The van der Waals surface area contributed by atoms with E-state index < -0.39 is 6.04 Å². The van der Waals surface area contributed by atoms with Gasteiger partial charge in [-0.1, -0.05) is 30.3 Å². The zero-order valence-corrected chi connectivity index (χ0v) is 12.7. The van der Waals surface area contributed by atoms with Crippen LogP contribution in [0, 0.1) is 0 Å². The summed E-state index contributed by atoms with van der Waals surface area (Å²) >= 11 is 0. The number of ether oxygens (including phenoxy) is 1. The third-order valence-corrected chi connectivity index (χ3v) is 3.62. The summed E-state index contributed by atoms with van der Waals surface area (Å²) in [4.78, 5) is 16.5. The molecule has 1 aliphatic heterocycles. The minimum Gasteiger partial charge on any atom is -0.356 e. The normalized spacial score (nSPS) is 20.9. The molecule has 23 heavy (non-hydrogen) atoms. The van der Waals surface area contributed by atoms with Gasteiger partial charge in [0.05, 0.1) is 18.5 Å². The van der Waals surface area contributed by atoms with E-state index in [1.54, 1.807) is 24.5 Å². The Hall–Kier alpha value is -2.28. The molecule has 1 aliphatic rings. The van der Waals surface area contributed by atoms with Crippen molar-refractivity contribution in [1.82, 2.24) is 15.6 Å². The zero-order chi connectivity index (χ0) is 15.9. The van der Waals surface area contributed by atoms with Gasteiger partial charge in [0, 0.05) is 19.3 Å². The van der Waals surface area contributed by atoms with Crippen LogP contribution in [0.3, 0.4) is 0 Å². The Morgan fingerprint density at radius 2 is 2.00 bits per heavy atom. The Bertz CT molecular complexity index is 621. The van der Waals surface area contributed by atoms with E-state index >= 15 is 0 Å². The molecule has 3 rings (SSSR count). The van der Waals surface area contributed by atoms with Crippen LogP contribution in [0.2, 0.25) is 0 Å². The second kappa shape index (κ2) is 7.82. The number of nitrogens with zero attached hydrogens (tertiary/aromatic N) is 1. The minimum atomic E-state index is -0.451. The van der Waals surface area contributed by atoms with Gasteiger partial charge in [0.2, 0.25) is 5.91 Å². The molecule has 1 saturated heterocycles. The number of pyridine rings is 1. The number of benzene rings is 1. The van der Waals surface area contributed by atoms with Crippen LogP contribution in [0.5, 0.6) is 0 Å². The maximum atomic E-state index is 12.5. The van der Waals surface area contributed by atoms with Crippen LogP contribution in [-0.2, 0) is 16.1 Å². The first-order chi connectivity index (χ1) is 11.3. The molecular weight excluding hydrogens is 292 g/mol. The average Bonchev–Trinajstić information content (AvgIpc) is 2.62. The van der Waals surface area contributed by atoms with Crippen molar-refractivity contribution >= 4 is 11.6 Å². The highest BCUT2D eigenvalue weighted by atomic mass is 16.5. The van der Waals surface area contributed by atoms with Crippen molar-refractivity contribution in [1.29, 1.82) is 0 Å². The highest BCUT2D eigenvalue weighted by Gasteiger charge is 2.31. The lowest BCUT2D eigenvalue weighted by atomic mass is 10.1. The summed E-state index contributed by atoms with van der Waals surface area (Å²) < 4.78 is 5.89. The Balaban J connectivity index is 1.60. The fraction of sp³-hybridized carbons (Fsp3) is 0.294. The van der Waals surface area contributed by atoms with Gasteiger partial charge in [0.1, 0.15) is 12.3 Å². The molecule has 2 heterocycles. The largest absolute Gasteiger partial charge is 0.356 e. The maximum absolute atomic E-state index is 12.5. The first-order valence-corrected chi connectivity index (χ1v) is 7.66. The van der Waals surface area contributed by atoms with Gasteiger partial charge in [-0.05, 0) is 17.7 Å². The topological polar surface area (TPSA) is 75.3 Å². The lowest BCUT2D eigenvalue weighted by Gasteiger charge is -2.32. The van der Waals surface area contributed by atoms with Gasteiger partial charge in [0.25, 0.3) is 0 Å².